The molecule has 0 bridgehead atoms. The SMILES string of the molecule is CC1CC(C(=O)Nc2cccc(C(F)(F)F)n2)CCN1Cc1noc(-c2ccc(F)c(C(F)(F)F)c2)n1. The molecule has 2 aromatic heterocycles. The average Bonchev–Trinajstić information content (AvgIpc) is 3.28. The molecule has 0 aliphatic carbocycles. The van der Waals surface area contributed by atoms with Crippen LogP contribution in [-0.4, -0.2) is 38.5 Å². The van der Waals surface area contributed by atoms with Crippen molar-refractivity contribution in [1.29, 1.82) is 0 Å². The second-order valence-corrected chi connectivity index (χ2v) is 8.64. The Morgan fingerprint density at radius 3 is 2.54 bits per heavy atom. The number of carbonyl (C=O) groups excluding carboxylic acids is 1. The molecule has 3 heterocycles. The molecule has 1 N–H and O–H groups in total. The molecule has 37 heavy (non-hydrogen) atoms. The van der Waals surface area contributed by atoms with Crippen molar-refractivity contribution < 1.29 is 40.1 Å². The lowest BCUT2D eigenvalue weighted by atomic mass is 9.91. The molecular weight excluding hydrogens is 511 g/mol. The van der Waals surface area contributed by atoms with E-state index in [1.54, 1.807) is 0 Å². The number of halogens is 7. The molecule has 1 aliphatic heterocycles. The van der Waals surface area contributed by atoms with E-state index in [4.69, 9.17) is 4.52 Å². The Labute approximate surface area is 205 Å². The summed E-state index contributed by atoms with van der Waals surface area (Å²) in [5, 5.41) is 6.23. The number of hydrogen-bond donors (Lipinski definition) is 1. The molecule has 1 aromatic carbocycles. The first-order valence-corrected chi connectivity index (χ1v) is 11.1. The summed E-state index contributed by atoms with van der Waals surface area (Å²) in [6.45, 7) is 2.45. The summed E-state index contributed by atoms with van der Waals surface area (Å²) in [7, 11) is 0. The van der Waals surface area contributed by atoms with Gasteiger partial charge in [0, 0.05) is 17.5 Å². The zero-order valence-electron chi connectivity index (χ0n) is 19.2. The number of amides is 1. The van der Waals surface area contributed by atoms with Crippen LogP contribution in [0.5, 0.6) is 0 Å². The number of aromatic nitrogens is 3. The van der Waals surface area contributed by atoms with Gasteiger partial charge in [-0.1, -0.05) is 11.2 Å². The Morgan fingerprint density at radius 2 is 1.86 bits per heavy atom. The Bertz CT molecular complexity index is 1270. The minimum Gasteiger partial charge on any atom is -0.334 e. The summed E-state index contributed by atoms with van der Waals surface area (Å²) < 4.78 is 96.1. The van der Waals surface area contributed by atoms with Gasteiger partial charge in [0.25, 0.3) is 5.89 Å². The maximum Gasteiger partial charge on any atom is 0.433 e. The van der Waals surface area contributed by atoms with E-state index in [0.29, 0.717) is 31.5 Å². The summed E-state index contributed by atoms with van der Waals surface area (Å²) in [6, 6.07) is 5.47. The van der Waals surface area contributed by atoms with Gasteiger partial charge in [-0.2, -0.15) is 31.3 Å². The van der Waals surface area contributed by atoms with E-state index in [1.807, 2.05) is 11.8 Å². The first-order chi connectivity index (χ1) is 17.3. The lowest BCUT2D eigenvalue weighted by Gasteiger charge is -2.36. The number of nitrogens with one attached hydrogen (secondary N) is 1. The molecule has 1 fully saturated rings. The molecule has 2 atom stereocenters. The number of likely N-dealkylation sites (tertiary alicyclic amines) is 1. The van der Waals surface area contributed by atoms with Crippen LogP contribution in [0.15, 0.2) is 40.9 Å². The number of piperidine rings is 1. The molecular formula is C23H20F7N5O2. The van der Waals surface area contributed by atoms with Gasteiger partial charge in [-0.15, -0.1) is 0 Å². The van der Waals surface area contributed by atoms with Crippen LogP contribution in [0.4, 0.5) is 36.6 Å². The number of benzene rings is 1. The average molecular weight is 531 g/mol. The van der Waals surface area contributed by atoms with Crippen molar-refractivity contribution in [3.05, 3.63) is 59.3 Å². The molecule has 2 unspecified atom stereocenters. The topological polar surface area (TPSA) is 84.2 Å². The Hall–Kier alpha value is -3.55. The van der Waals surface area contributed by atoms with Gasteiger partial charge in [-0.3, -0.25) is 9.69 Å². The molecule has 4 rings (SSSR count). The monoisotopic (exact) mass is 531 g/mol. The predicted octanol–water partition coefficient (Wildman–Crippen LogP) is 5.55. The van der Waals surface area contributed by atoms with Gasteiger partial charge in [-0.05, 0) is 56.6 Å². The quantitative estimate of drug-likeness (QED) is 0.435. The van der Waals surface area contributed by atoms with E-state index in [9.17, 15) is 35.5 Å². The largest absolute Gasteiger partial charge is 0.433 e. The fourth-order valence-electron chi connectivity index (χ4n) is 4.08. The second kappa shape index (κ2) is 10.1. The van der Waals surface area contributed by atoms with Crippen LogP contribution in [0, 0.1) is 11.7 Å². The fraction of sp³-hybridized carbons (Fsp3) is 0.391. The smallest absolute Gasteiger partial charge is 0.334 e. The van der Waals surface area contributed by atoms with Crippen molar-refractivity contribution in [1.82, 2.24) is 20.0 Å². The Kier molecular flexibility index (Phi) is 7.22. The minimum atomic E-state index is -4.88. The molecule has 1 aliphatic rings. The van der Waals surface area contributed by atoms with Gasteiger partial charge in [0.2, 0.25) is 5.91 Å². The number of pyridine rings is 1. The molecule has 0 spiro atoms. The third-order valence-corrected chi connectivity index (χ3v) is 6.01. The van der Waals surface area contributed by atoms with E-state index >= 15 is 0 Å². The van der Waals surface area contributed by atoms with E-state index in [-0.39, 0.29) is 35.7 Å². The lowest BCUT2D eigenvalue weighted by Crippen LogP contribution is -2.43. The first-order valence-electron chi connectivity index (χ1n) is 11.1. The number of hydrogen-bond acceptors (Lipinski definition) is 6. The maximum atomic E-state index is 13.5. The number of anilines is 1. The fourth-order valence-corrected chi connectivity index (χ4v) is 4.08. The summed E-state index contributed by atoms with van der Waals surface area (Å²) in [5.74, 6) is -2.53. The van der Waals surface area contributed by atoms with Gasteiger partial charge in [-0.25, -0.2) is 9.37 Å². The van der Waals surface area contributed by atoms with Crippen LogP contribution >= 0.6 is 0 Å². The Balaban J connectivity index is 1.37. The van der Waals surface area contributed by atoms with Gasteiger partial charge < -0.3 is 9.84 Å². The van der Waals surface area contributed by atoms with Gasteiger partial charge in [0.15, 0.2) is 5.82 Å². The van der Waals surface area contributed by atoms with Crippen LogP contribution in [0.3, 0.4) is 0 Å². The molecule has 0 radical (unpaired) electrons. The van der Waals surface area contributed by atoms with Crippen molar-refractivity contribution in [3.8, 4) is 11.5 Å². The standard InChI is InChI=1S/C23H20F7N5O2/c1-12-9-13(20(36)32-18-4-2-3-17(31-18)23(28,29)30)7-8-35(12)11-19-33-21(37-34-19)14-5-6-16(24)15(10-14)22(25,26)27/h2-6,10,12-13H,7-9,11H2,1H3,(H,31,32,36). The highest BCUT2D eigenvalue weighted by molar-refractivity contribution is 5.91. The molecule has 0 saturated carbocycles. The van der Waals surface area contributed by atoms with Gasteiger partial charge in [0.05, 0.1) is 12.1 Å². The van der Waals surface area contributed by atoms with Crippen molar-refractivity contribution in [3.63, 3.8) is 0 Å². The molecule has 3 aromatic rings. The number of rotatable bonds is 5. The van der Waals surface area contributed by atoms with Gasteiger partial charge in [0.1, 0.15) is 17.3 Å². The maximum absolute atomic E-state index is 13.5. The van der Waals surface area contributed by atoms with Crippen LogP contribution < -0.4 is 5.32 Å². The van der Waals surface area contributed by atoms with E-state index in [2.05, 4.69) is 20.4 Å². The van der Waals surface area contributed by atoms with Crippen LogP contribution in [0.2, 0.25) is 0 Å². The van der Waals surface area contributed by atoms with E-state index in [0.717, 1.165) is 18.2 Å². The summed E-state index contributed by atoms with van der Waals surface area (Å²) in [6.07, 6.45) is -8.73. The zero-order valence-corrected chi connectivity index (χ0v) is 19.2. The summed E-state index contributed by atoms with van der Waals surface area (Å²) >= 11 is 0. The van der Waals surface area contributed by atoms with Crippen molar-refractivity contribution in [2.24, 2.45) is 5.92 Å². The van der Waals surface area contributed by atoms with Crippen LogP contribution in [0.1, 0.15) is 36.8 Å². The highest BCUT2D eigenvalue weighted by Gasteiger charge is 2.35. The van der Waals surface area contributed by atoms with Crippen LogP contribution in [-0.2, 0) is 23.7 Å². The molecule has 1 amide bonds. The van der Waals surface area contributed by atoms with Crippen molar-refractivity contribution in [2.75, 3.05) is 11.9 Å². The second-order valence-electron chi connectivity index (χ2n) is 8.64. The van der Waals surface area contributed by atoms with E-state index < -0.39 is 41.3 Å². The minimum absolute atomic E-state index is 0.0842. The van der Waals surface area contributed by atoms with Gasteiger partial charge >= 0.3 is 12.4 Å². The number of carbonyl (C=O) groups is 1. The number of alkyl halides is 6. The normalized spacial score (nSPS) is 19.1. The third kappa shape index (κ3) is 6.24. The van der Waals surface area contributed by atoms with E-state index in [1.165, 1.54) is 6.07 Å². The third-order valence-electron chi connectivity index (χ3n) is 6.01. The first kappa shape index (κ1) is 26.5. The predicted molar refractivity (Wildman–Crippen MR) is 115 cm³/mol. The highest BCUT2D eigenvalue weighted by atomic mass is 19.4. The summed E-state index contributed by atoms with van der Waals surface area (Å²) in [4.78, 5) is 22.1. The highest BCUT2D eigenvalue weighted by Crippen LogP contribution is 2.34. The van der Waals surface area contributed by atoms with Crippen LogP contribution in [0.25, 0.3) is 11.5 Å². The molecule has 14 heteroatoms. The van der Waals surface area contributed by atoms with Crippen molar-refractivity contribution >= 4 is 11.7 Å². The number of nitrogens with zero attached hydrogens (tertiary/aromatic N) is 4. The Morgan fingerprint density at radius 1 is 1.11 bits per heavy atom. The molecule has 198 valence electrons. The molecule has 7 nitrogen and oxygen atoms in total. The summed E-state index contributed by atoms with van der Waals surface area (Å²) in [5.41, 5.74) is -2.64. The zero-order chi connectivity index (χ0) is 27.0. The molecule has 1 saturated heterocycles. The van der Waals surface area contributed by atoms with Crippen molar-refractivity contribution in [2.45, 2.75) is 44.7 Å². The lowest BCUT2D eigenvalue weighted by molar-refractivity contribution is -0.141.